The lowest BCUT2D eigenvalue weighted by Crippen LogP contribution is -2.04. The zero-order chi connectivity index (χ0) is 15.4. The molecule has 2 aromatic carbocycles. The van der Waals surface area contributed by atoms with Gasteiger partial charge in [0.05, 0.1) is 0 Å². The maximum atomic E-state index is 14.0. The van der Waals surface area contributed by atoms with Crippen LogP contribution in [0.25, 0.3) is 0 Å². The van der Waals surface area contributed by atoms with Crippen molar-refractivity contribution in [1.82, 2.24) is 0 Å². The summed E-state index contributed by atoms with van der Waals surface area (Å²) in [7, 11) is 0. The fraction of sp³-hybridized carbons (Fsp3) is 0.294. The normalized spacial score (nSPS) is 11.0. The van der Waals surface area contributed by atoms with E-state index in [-0.39, 0.29) is 5.75 Å². The van der Waals surface area contributed by atoms with Crippen molar-refractivity contribution in [3.8, 4) is 11.5 Å². The largest absolute Gasteiger partial charge is 0.451 e. The van der Waals surface area contributed by atoms with Crippen LogP contribution in [0.2, 0.25) is 0 Å². The summed E-state index contributed by atoms with van der Waals surface area (Å²) < 4.78 is 33.3. The number of ether oxygens (including phenoxy) is 1. The van der Waals surface area contributed by atoms with Gasteiger partial charge in [0.15, 0.2) is 17.4 Å². The smallest absolute Gasteiger partial charge is 0.198 e. The second-order valence-electron chi connectivity index (χ2n) is 5.26. The molecular weight excluding hydrogens is 272 g/mol. The molecule has 0 aliphatic heterocycles. The lowest BCUT2D eigenvalue weighted by molar-refractivity contribution is 0.406. The van der Waals surface area contributed by atoms with Gasteiger partial charge in [-0.3, -0.25) is 0 Å². The van der Waals surface area contributed by atoms with Crippen LogP contribution in [-0.2, 0) is 6.42 Å². The van der Waals surface area contributed by atoms with Gasteiger partial charge in [-0.15, -0.1) is 0 Å². The standard InChI is InChI=1S/C17H19F2NO/c1-11(2)13-4-3-5-14(10-13)21-17-15(18)8-12(6-7-20)9-16(17)19/h3-5,8-11H,6-7,20H2,1-2H3. The van der Waals surface area contributed by atoms with Gasteiger partial charge in [-0.25, -0.2) is 8.78 Å². The fourth-order valence-corrected chi connectivity index (χ4v) is 2.08. The van der Waals surface area contributed by atoms with Crippen LogP contribution in [0.15, 0.2) is 36.4 Å². The number of halogens is 2. The van der Waals surface area contributed by atoms with Gasteiger partial charge in [0.1, 0.15) is 5.75 Å². The average Bonchev–Trinajstić information content (AvgIpc) is 2.43. The van der Waals surface area contributed by atoms with Gasteiger partial charge >= 0.3 is 0 Å². The van der Waals surface area contributed by atoms with Crippen LogP contribution in [-0.4, -0.2) is 6.54 Å². The van der Waals surface area contributed by atoms with Gasteiger partial charge in [-0.05, 0) is 54.3 Å². The van der Waals surface area contributed by atoms with E-state index in [9.17, 15) is 8.78 Å². The Bertz CT molecular complexity index is 603. The molecule has 0 aromatic heterocycles. The van der Waals surface area contributed by atoms with E-state index in [2.05, 4.69) is 0 Å². The second-order valence-corrected chi connectivity index (χ2v) is 5.26. The predicted molar refractivity (Wildman–Crippen MR) is 79.7 cm³/mol. The van der Waals surface area contributed by atoms with Crippen LogP contribution < -0.4 is 10.5 Å². The molecule has 112 valence electrons. The summed E-state index contributed by atoms with van der Waals surface area (Å²) in [4.78, 5) is 0. The van der Waals surface area contributed by atoms with Crippen LogP contribution >= 0.6 is 0 Å². The van der Waals surface area contributed by atoms with Gasteiger partial charge < -0.3 is 10.5 Å². The molecule has 0 bridgehead atoms. The zero-order valence-electron chi connectivity index (χ0n) is 12.2. The highest BCUT2D eigenvalue weighted by Crippen LogP contribution is 2.30. The molecule has 0 unspecified atom stereocenters. The third kappa shape index (κ3) is 3.79. The molecule has 2 aromatic rings. The van der Waals surface area contributed by atoms with E-state index in [0.717, 1.165) is 5.56 Å². The summed E-state index contributed by atoms with van der Waals surface area (Å²) in [6.07, 6.45) is 0.428. The van der Waals surface area contributed by atoms with E-state index < -0.39 is 11.6 Å². The maximum absolute atomic E-state index is 14.0. The quantitative estimate of drug-likeness (QED) is 0.887. The highest BCUT2D eigenvalue weighted by Gasteiger charge is 2.14. The van der Waals surface area contributed by atoms with Gasteiger partial charge in [0, 0.05) is 0 Å². The van der Waals surface area contributed by atoms with Crippen LogP contribution in [0, 0.1) is 11.6 Å². The highest BCUT2D eigenvalue weighted by atomic mass is 19.1. The molecule has 2 rings (SSSR count). The molecule has 0 heterocycles. The van der Waals surface area contributed by atoms with Crippen molar-refractivity contribution in [1.29, 1.82) is 0 Å². The average molecular weight is 291 g/mol. The molecule has 2 N–H and O–H groups in total. The summed E-state index contributed by atoms with van der Waals surface area (Å²) in [5.41, 5.74) is 6.96. The van der Waals surface area contributed by atoms with E-state index in [4.69, 9.17) is 10.5 Å². The van der Waals surface area contributed by atoms with Crippen molar-refractivity contribution >= 4 is 0 Å². The molecule has 0 fully saturated rings. The van der Waals surface area contributed by atoms with Crippen LogP contribution in [0.4, 0.5) is 8.78 Å². The van der Waals surface area contributed by atoms with Gasteiger partial charge in [-0.2, -0.15) is 0 Å². The maximum Gasteiger partial charge on any atom is 0.198 e. The number of rotatable bonds is 5. The van der Waals surface area contributed by atoms with E-state index >= 15 is 0 Å². The van der Waals surface area contributed by atoms with Crippen molar-refractivity contribution in [3.05, 3.63) is 59.2 Å². The minimum absolute atomic E-state index is 0.315. The Morgan fingerprint density at radius 2 is 1.76 bits per heavy atom. The van der Waals surface area contributed by atoms with E-state index in [1.54, 1.807) is 12.1 Å². The molecular formula is C17H19F2NO. The first kappa shape index (κ1) is 15.4. The minimum atomic E-state index is -0.714. The first-order chi connectivity index (χ1) is 10.0. The molecule has 0 radical (unpaired) electrons. The summed E-state index contributed by atoms with van der Waals surface area (Å²) >= 11 is 0. The Morgan fingerprint density at radius 3 is 2.33 bits per heavy atom. The molecule has 4 heteroatoms. The first-order valence-electron chi connectivity index (χ1n) is 6.97. The summed E-state index contributed by atoms with van der Waals surface area (Å²) in [6.45, 7) is 4.43. The predicted octanol–water partition coefficient (Wildman–Crippen LogP) is 4.38. The molecule has 0 atom stereocenters. The number of hydrogen-bond acceptors (Lipinski definition) is 2. The SMILES string of the molecule is CC(C)c1cccc(Oc2c(F)cc(CCN)cc2F)c1. The van der Waals surface area contributed by atoms with Crippen LogP contribution in [0.3, 0.4) is 0 Å². The molecule has 0 aliphatic rings. The van der Waals surface area contributed by atoms with Crippen molar-refractivity contribution in [3.63, 3.8) is 0 Å². The monoisotopic (exact) mass is 291 g/mol. The van der Waals surface area contributed by atoms with E-state index in [0.29, 0.717) is 30.2 Å². The Kier molecular flexibility index (Phi) is 4.91. The van der Waals surface area contributed by atoms with Crippen LogP contribution in [0.1, 0.15) is 30.9 Å². The summed E-state index contributed by atoms with van der Waals surface area (Å²) in [6, 6.07) is 9.75. The second kappa shape index (κ2) is 6.68. The number of nitrogens with two attached hydrogens (primary N) is 1. The Balaban J connectivity index is 2.29. The van der Waals surface area contributed by atoms with Gasteiger partial charge in [0.2, 0.25) is 0 Å². The minimum Gasteiger partial charge on any atom is -0.451 e. The van der Waals surface area contributed by atoms with Crippen molar-refractivity contribution in [2.75, 3.05) is 6.54 Å². The molecule has 0 spiro atoms. The van der Waals surface area contributed by atoms with Crippen LogP contribution in [0.5, 0.6) is 11.5 Å². The molecule has 0 amide bonds. The lowest BCUT2D eigenvalue weighted by atomic mass is 10.0. The Morgan fingerprint density at radius 1 is 1.10 bits per heavy atom. The molecule has 0 saturated heterocycles. The molecule has 21 heavy (non-hydrogen) atoms. The Hall–Kier alpha value is -1.94. The highest BCUT2D eigenvalue weighted by molar-refractivity contribution is 5.38. The summed E-state index contributed by atoms with van der Waals surface area (Å²) in [5.74, 6) is -1.07. The molecule has 0 saturated carbocycles. The van der Waals surface area contributed by atoms with Gasteiger partial charge in [-0.1, -0.05) is 26.0 Å². The van der Waals surface area contributed by atoms with Crippen molar-refractivity contribution in [2.24, 2.45) is 5.73 Å². The van der Waals surface area contributed by atoms with Crippen molar-refractivity contribution < 1.29 is 13.5 Å². The van der Waals surface area contributed by atoms with E-state index in [1.807, 2.05) is 26.0 Å². The third-order valence-electron chi connectivity index (χ3n) is 3.24. The third-order valence-corrected chi connectivity index (χ3v) is 3.24. The Labute approximate surface area is 123 Å². The van der Waals surface area contributed by atoms with E-state index in [1.165, 1.54) is 12.1 Å². The topological polar surface area (TPSA) is 35.2 Å². The van der Waals surface area contributed by atoms with Crippen molar-refractivity contribution in [2.45, 2.75) is 26.2 Å². The summed E-state index contributed by atoms with van der Waals surface area (Å²) in [5, 5.41) is 0. The van der Waals surface area contributed by atoms with Gasteiger partial charge in [0.25, 0.3) is 0 Å². The molecule has 2 nitrogen and oxygen atoms in total. The zero-order valence-corrected chi connectivity index (χ0v) is 12.2. The molecule has 0 aliphatic carbocycles. The lowest BCUT2D eigenvalue weighted by Gasteiger charge is -2.12. The number of hydrogen-bond donors (Lipinski definition) is 1. The first-order valence-corrected chi connectivity index (χ1v) is 6.97. The fourth-order valence-electron chi connectivity index (χ4n) is 2.08. The number of benzene rings is 2.